The van der Waals surface area contributed by atoms with E-state index in [0.717, 1.165) is 12.3 Å². The minimum Gasteiger partial charge on any atom is -0.477 e. The summed E-state index contributed by atoms with van der Waals surface area (Å²) in [6, 6.07) is 7.58. The van der Waals surface area contributed by atoms with Crippen molar-refractivity contribution in [2.24, 2.45) is 0 Å². The van der Waals surface area contributed by atoms with Crippen LogP contribution in [-0.2, 0) is 14.4 Å². The van der Waals surface area contributed by atoms with Crippen molar-refractivity contribution < 1.29 is 24.6 Å². The molecule has 2 aliphatic heterocycles. The highest BCUT2D eigenvalue weighted by Crippen LogP contribution is 2.43. The summed E-state index contributed by atoms with van der Waals surface area (Å²) in [5.41, 5.74) is 0.423. The van der Waals surface area contributed by atoms with Crippen LogP contribution < -0.4 is 5.32 Å². The van der Waals surface area contributed by atoms with Crippen LogP contribution in [0.25, 0.3) is 0 Å². The first kappa shape index (κ1) is 21.7. The number of β-lactam (4-membered cyclic amide) rings is 1. The summed E-state index contributed by atoms with van der Waals surface area (Å²) in [5, 5.41) is 21.9. The molecule has 0 aliphatic carbocycles. The van der Waals surface area contributed by atoms with Crippen molar-refractivity contribution in [2.75, 3.05) is 32.1 Å². The predicted molar refractivity (Wildman–Crippen MR) is 112 cm³/mol. The summed E-state index contributed by atoms with van der Waals surface area (Å²) in [7, 11) is 3.88. The lowest BCUT2D eigenvalue weighted by Gasteiger charge is -2.49. The van der Waals surface area contributed by atoms with Gasteiger partial charge >= 0.3 is 5.97 Å². The second-order valence-corrected chi connectivity index (χ2v) is 9.23. The fourth-order valence-corrected chi connectivity index (χ4v) is 5.83. The molecule has 2 amide bonds. The molecule has 2 heterocycles. The molecule has 1 aromatic rings. The molecule has 0 aromatic heterocycles. The van der Waals surface area contributed by atoms with Crippen LogP contribution in [0.15, 0.2) is 40.9 Å². The maximum Gasteiger partial charge on any atom is 0.353 e. The van der Waals surface area contributed by atoms with Crippen LogP contribution in [0.3, 0.4) is 0 Å². The van der Waals surface area contributed by atoms with Crippen molar-refractivity contribution >= 4 is 41.3 Å². The standard InChI is InChI=1S/C19H23N3O5S2/c1-21(2)8-9-28-12-10-29-18-13(17(25)22(18)14(12)19(26)27)20-16(24)15(23)11-6-4-3-5-7-11/h3-7,13,15,18,23H,8-10H2,1-2H3,(H,20,24)(H,26,27)/t13-,15?,18+/m1/s1. The first-order chi connectivity index (χ1) is 13.8. The molecule has 0 bridgehead atoms. The van der Waals surface area contributed by atoms with Gasteiger partial charge < -0.3 is 20.4 Å². The van der Waals surface area contributed by atoms with Crippen LogP contribution in [-0.4, -0.2) is 81.4 Å². The number of fused-ring (bicyclic) bond motifs is 1. The van der Waals surface area contributed by atoms with Crippen LogP contribution in [0.4, 0.5) is 0 Å². The summed E-state index contributed by atoms with van der Waals surface area (Å²) in [4.78, 5) is 40.7. The molecule has 1 aromatic carbocycles. The normalized spacial score (nSPS) is 22.2. The van der Waals surface area contributed by atoms with Gasteiger partial charge in [0, 0.05) is 23.0 Å². The first-order valence-electron chi connectivity index (χ1n) is 9.03. The highest BCUT2D eigenvalue weighted by molar-refractivity contribution is 8.06. The molecule has 3 atom stereocenters. The molecule has 0 radical (unpaired) electrons. The number of benzene rings is 1. The minimum atomic E-state index is -1.39. The molecule has 8 nitrogen and oxygen atoms in total. The number of carbonyl (C=O) groups is 3. The van der Waals surface area contributed by atoms with Gasteiger partial charge in [0.15, 0.2) is 6.10 Å². The Morgan fingerprint density at radius 2 is 2.03 bits per heavy atom. The topological polar surface area (TPSA) is 110 Å². The van der Waals surface area contributed by atoms with Gasteiger partial charge in [-0.25, -0.2) is 4.79 Å². The number of aliphatic carboxylic acids is 1. The number of carbonyl (C=O) groups excluding carboxylic acids is 2. The van der Waals surface area contributed by atoms with E-state index in [0.29, 0.717) is 16.2 Å². The SMILES string of the molecule is CN(C)CCSC1=C(C(=O)O)N2C(=O)[C@@H](NC(=O)C(O)c3ccccc3)[C@@H]2SC1. The third kappa shape index (κ3) is 4.61. The van der Waals surface area contributed by atoms with E-state index >= 15 is 0 Å². The molecule has 0 saturated carbocycles. The first-order valence-corrected chi connectivity index (χ1v) is 11.1. The Kier molecular flexibility index (Phi) is 6.89. The molecule has 156 valence electrons. The van der Waals surface area contributed by atoms with Gasteiger partial charge in [-0.3, -0.25) is 14.5 Å². The molecular weight excluding hydrogens is 414 g/mol. The van der Waals surface area contributed by atoms with E-state index in [9.17, 15) is 24.6 Å². The predicted octanol–water partition coefficient (Wildman–Crippen LogP) is 0.711. The highest BCUT2D eigenvalue weighted by atomic mass is 32.2. The number of nitrogens with zero attached hydrogens (tertiary/aromatic N) is 2. The second-order valence-electron chi connectivity index (χ2n) is 6.94. The van der Waals surface area contributed by atoms with Gasteiger partial charge in [-0.1, -0.05) is 30.3 Å². The monoisotopic (exact) mass is 437 g/mol. The summed E-state index contributed by atoms with van der Waals surface area (Å²) >= 11 is 2.85. The molecule has 1 unspecified atom stereocenters. The quantitative estimate of drug-likeness (QED) is 0.510. The lowest BCUT2D eigenvalue weighted by Crippen LogP contribution is -2.70. The number of hydrogen-bond acceptors (Lipinski definition) is 7. The number of aliphatic hydroxyl groups is 1. The molecule has 10 heteroatoms. The number of nitrogens with one attached hydrogen (secondary N) is 1. The molecular formula is C19H23N3O5S2. The molecule has 1 fully saturated rings. The van der Waals surface area contributed by atoms with Crippen LogP contribution in [0.5, 0.6) is 0 Å². The fraction of sp³-hybridized carbons (Fsp3) is 0.421. The number of aliphatic hydroxyl groups excluding tert-OH is 1. The van der Waals surface area contributed by atoms with Crippen molar-refractivity contribution in [1.82, 2.24) is 15.1 Å². The lowest BCUT2D eigenvalue weighted by atomic mass is 10.0. The van der Waals surface area contributed by atoms with Crippen LogP contribution in [0.1, 0.15) is 11.7 Å². The number of amides is 2. The Labute approximate surface area is 177 Å². The summed E-state index contributed by atoms with van der Waals surface area (Å²) in [6.45, 7) is 0.791. The van der Waals surface area contributed by atoms with Crippen LogP contribution in [0.2, 0.25) is 0 Å². The average Bonchev–Trinajstić information content (AvgIpc) is 2.70. The largest absolute Gasteiger partial charge is 0.477 e. The van der Waals surface area contributed by atoms with Gasteiger partial charge in [0.2, 0.25) is 0 Å². The fourth-order valence-electron chi connectivity index (χ4n) is 3.07. The Morgan fingerprint density at radius 1 is 1.34 bits per heavy atom. The second kappa shape index (κ2) is 9.21. The highest BCUT2D eigenvalue weighted by Gasteiger charge is 2.54. The number of carboxylic acid groups (broad SMARTS) is 1. The van der Waals surface area contributed by atoms with Crippen molar-refractivity contribution in [1.29, 1.82) is 0 Å². The van der Waals surface area contributed by atoms with Gasteiger partial charge in [0.25, 0.3) is 11.8 Å². The van der Waals surface area contributed by atoms with E-state index in [1.54, 1.807) is 30.3 Å². The maximum atomic E-state index is 12.6. The third-order valence-electron chi connectivity index (χ3n) is 4.61. The summed E-state index contributed by atoms with van der Waals surface area (Å²) in [5.74, 6) is -1.12. The molecule has 29 heavy (non-hydrogen) atoms. The lowest BCUT2D eigenvalue weighted by molar-refractivity contribution is -0.151. The molecule has 2 aliphatic rings. The van der Waals surface area contributed by atoms with Gasteiger partial charge in [-0.15, -0.1) is 23.5 Å². The van der Waals surface area contributed by atoms with Gasteiger partial charge in [-0.2, -0.15) is 0 Å². The summed E-state index contributed by atoms with van der Waals surface area (Å²) < 4.78 is 0. The van der Waals surface area contributed by atoms with E-state index in [1.165, 1.54) is 28.4 Å². The minimum absolute atomic E-state index is 0.00314. The number of hydrogen-bond donors (Lipinski definition) is 3. The Bertz CT molecular complexity index is 830. The van der Waals surface area contributed by atoms with E-state index in [1.807, 2.05) is 19.0 Å². The molecule has 1 saturated heterocycles. The van der Waals surface area contributed by atoms with Crippen molar-refractivity contribution in [3.63, 3.8) is 0 Å². The van der Waals surface area contributed by atoms with E-state index in [2.05, 4.69) is 5.32 Å². The zero-order chi connectivity index (χ0) is 21.1. The Balaban J connectivity index is 1.68. The van der Waals surface area contributed by atoms with E-state index in [4.69, 9.17) is 0 Å². The van der Waals surface area contributed by atoms with Crippen LogP contribution in [0, 0.1) is 0 Å². The van der Waals surface area contributed by atoms with E-state index < -0.39 is 35.3 Å². The van der Waals surface area contributed by atoms with E-state index in [-0.39, 0.29) is 5.70 Å². The average molecular weight is 438 g/mol. The van der Waals surface area contributed by atoms with Gasteiger partial charge in [-0.05, 0) is 19.7 Å². The summed E-state index contributed by atoms with van der Waals surface area (Å²) in [6.07, 6.45) is -1.39. The maximum absolute atomic E-state index is 12.6. The van der Waals surface area contributed by atoms with Crippen LogP contribution >= 0.6 is 23.5 Å². The number of carboxylic acids is 1. The van der Waals surface area contributed by atoms with Gasteiger partial charge in [0.1, 0.15) is 17.1 Å². The Morgan fingerprint density at radius 3 is 2.66 bits per heavy atom. The molecule has 3 N–H and O–H groups in total. The molecule has 3 rings (SSSR count). The zero-order valence-corrected chi connectivity index (χ0v) is 17.7. The van der Waals surface area contributed by atoms with Crippen molar-refractivity contribution in [3.8, 4) is 0 Å². The smallest absolute Gasteiger partial charge is 0.353 e. The van der Waals surface area contributed by atoms with Gasteiger partial charge in [0.05, 0.1) is 0 Å². The third-order valence-corrected chi connectivity index (χ3v) is 7.15. The number of thioether (sulfide) groups is 2. The number of rotatable bonds is 8. The zero-order valence-electron chi connectivity index (χ0n) is 16.1. The van der Waals surface area contributed by atoms with Crippen molar-refractivity contribution in [3.05, 3.63) is 46.5 Å². The molecule has 0 spiro atoms. The van der Waals surface area contributed by atoms with Crippen molar-refractivity contribution in [2.45, 2.75) is 17.5 Å². The Hall–Kier alpha value is -2.01.